The minimum Gasteiger partial charge on any atom is -0.453 e. The molecule has 0 saturated carbocycles. The van der Waals surface area contributed by atoms with Crippen molar-refractivity contribution in [1.29, 1.82) is 0 Å². The maximum atomic E-state index is 7.20. The van der Waals surface area contributed by atoms with Crippen LogP contribution in [0.5, 0.6) is 34.5 Å². The third-order valence-electron chi connectivity index (χ3n) is 7.69. The lowest BCUT2D eigenvalue weighted by Gasteiger charge is -2.26. The fourth-order valence-corrected chi connectivity index (χ4v) is 10.4. The molecule has 45 heavy (non-hydrogen) atoms. The van der Waals surface area contributed by atoms with Crippen molar-refractivity contribution in [2.45, 2.75) is 0 Å². The van der Waals surface area contributed by atoms with Gasteiger partial charge in [-0.05, 0) is 61.3 Å². The van der Waals surface area contributed by atoms with E-state index in [0.29, 0.717) is 34.5 Å². The number of fused-ring (bicyclic) bond motifs is 2. The molecule has 220 valence electrons. The van der Waals surface area contributed by atoms with Gasteiger partial charge in [0.25, 0.3) is 0 Å². The standard InChI is InChI=1S/C38H28O5P2/c1-5-13-27(14-6-1)44(28-15-7-2-8-16-28)33-23-21-31-35(41-25-39-31)37(33)43-38-34(24-22-32-36(38)42-26-40-32)45(29-17-9-3-10-18-29)30-19-11-4-12-20-30/h1-24H,25-26H2. The average Bonchev–Trinajstić information content (AvgIpc) is 3.79. The zero-order chi connectivity index (χ0) is 30.0. The van der Waals surface area contributed by atoms with Gasteiger partial charge in [-0.3, -0.25) is 0 Å². The lowest BCUT2D eigenvalue weighted by Crippen LogP contribution is -2.24. The Morgan fingerprint density at radius 3 is 1.04 bits per heavy atom. The highest BCUT2D eigenvalue weighted by atomic mass is 31.1. The smallest absolute Gasteiger partial charge is 0.231 e. The van der Waals surface area contributed by atoms with Crippen LogP contribution < -0.4 is 55.5 Å². The summed E-state index contributed by atoms with van der Waals surface area (Å²) >= 11 is 0. The Hall–Kier alpha value is -4.82. The van der Waals surface area contributed by atoms with Gasteiger partial charge in [0, 0.05) is 10.6 Å². The van der Waals surface area contributed by atoms with Gasteiger partial charge in [0.1, 0.15) is 0 Å². The van der Waals surface area contributed by atoms with Crippen LogP contribution in [0.25, 0.3) is 0 Å². The normalized spacial score (nSPS) is 12.9. The van der Waals surface area contributed by atoms with Crippen molar-refractivity contribution in [3.8, 4) is 34.5 Å². The Labute approximate surface area is 264 Å². The first-order chi connectivity index (χ1) is 22.3. The fraction of sp³-hybridized carbons (Fsp3) is 0.0526. The Kier molecular flexibility index (Phi) is 7.57. The molecule has 0 unspecified atom stereocenters. The summed E-state index contributed by atoms with van der Waals surface area (Å²) in [5.74, 6) is 3.76. The van der Waals surface area contributed by atoms with E-state index in [1.54, 1.807) is 0 Å². The molecule has 0 spiro atoms. The third kappa shape index (κ3) is 5.29. The molecule has 0 amide bonds. The Morgan fingerprint density at radius 2 is 0.711 bits per heavy atom. The predicted molar refractivity (Wildman–Crippen MR) is 183 cm³/mol. The lowest BCUT2D eigenvalue weighted by molar-refractivity contribution is 0.169. The zero-order valence-corrected chi connectivity index (χ0v) is 26.0. The van der Waals surface area contributed by atoms with Crippen molar-refractivity contribution in [2.24, 2.45) is 0 Å². The van der Waals surface area contributed by atoms with Gasteiger partial charge in [-0.2, -0.15) is 0 Å². The molecule has 7 heteroatoms. The van der Waals surface area contributed by atoms with Crippen molar-refractivity contribution in [1.82, 2.24) is 0 Å². The maximum absolute atomic E-state index is 7.20. The molecule has 6 aromatic carbocycles. The van der Waals surface area contributed by atoms with Crippen LogP contribution in [0.15, 0.2) is 146 Å². The minimum absolute atomic E-state index is 0.129. The van der Waals surface area contributed by atoms with Crippen LogP contribution in [0.2, 0.25) is 0 Å². The van der Waals surface area contributed by atoms with Crippen LogP contribution in [-0.2, 0) is 0 Å². The van der Waals surface area contributed by atoms with Crippen LogP contribution >= 0.6 is 15.8 Å². The summed E-state index contributed by atoms with van der Waals surface area (Å²) in [5.41, 5.74) is 0. The van der Waals surface area contributed by atoms with Crippen LogP contribution in [0.1, 0.15) is 0 Å². The van der Waals surface area contributed by atoms with Gasteiger partial charge in [-0.15, -0.1) is 0 Å². The quantitative estimate of drug-likeness (QED) is 0.182. The molecule has 5 nitrogen and oxygen atoms in total. The topological polar surface area (TPSA) is 46.2 Å². The summed E-state index contributed by atoms with van der Waals surface area (Å²) in [7, 11) is -2.03. The Balaban J connectivity index is 1.35. The zero-order valence-electron chi connectivity index (χ0n) is 24.2. The highest BCUT2D eigenvalue weighted by Gasteiger charge is 2.33. The van der Waals surface area contributed by atoms with Crippen LogP contribution in [0, 0.1) is 0 Å². The molecule has 0 fully saturated rings. The van der Waals surface area contributed by atoms with E-state index < -0.39 is 15.8 Å². The molecule has 0 atom stereocenters. The second-order valence-electron chi connectivity index (χ2n) is 10.4. The number of hydrogen-bond donors (Lipinski definition) is 0. The number of ether oxygens (including phenoxy) is 5. The molecule has 8 rings (SSSR count). The number of hydrogen-bond acceptors (Lipinski definition) is 5. The average molecular weight is 627 g/mol. The van der Waals surface area contributed by atoms with E-state index in [1.165, 1.54) is 21.2 Å². The predicted octanol–water partition coefficient (Wildman–Crippen LogP) is 6.45. The van der Waals surface area contributed by atoms with Crippen molar-refractivity contribution in [3.05, 3.63) is 146 Å². The summed E-state index contributed by atoms with van der Waals surface area (Å²) in [4.78, 5) is 0. The van der Waals surface area contributed by atoms with Gasteiger partial charge in [0.15, 0.2) is 23.0 Å². The van der Waals surface area contributed by atoms with Crippen LogP contribution in [0.4, 0.5) is 0 Å². The fourth-order valence-electron chi connectivity index (χ4n) is 5.69. The largest absolute Gasteiger partial charge is 0.453 e. The highest BCUT2D eigenvalue weighted by molar-refractivity contribution is 7.80. The van der Waals surface area contributed by atoms with Crippen LogP contribution in [0.3, 0.4) is 0 Å². The monoisotopic (exact) mass is 626 g/mol. The van der Waals surface area contributed by atoms with E-state index in [9.17, 15) is 0 Å². The lowest BCUT2D eigenvalue weighted by atomic mass is 10.2. The number of rotatable bonds is 8. The van der Waals surface area contributed by atoms with Gasteiger partial charge >= 0.3 is 0 Å². The summed E-state index contributed by atoms with van der Waals surface area (Å²) in [6.07, 6.45) is 0. The molecule has 2 heterocycles. The van der Waals surface area contributed by atoms with E-state index >= 15 is 0 Å². The first kappa shape index (κ1) is 27.7. The van der Waals surface area contributed by atoms with Gasteiger partial charge < -0.3 is 23.7 Å². The molecule has 0 saturated heterocycles. The van der Waals surface area contributed by atoms with E-state index in [-0.39, 0.29) is 13.6 Å². The molecule has 0 N–H and O–H groups in total. The SMILES string of the molecule is c1ccc(P(c2ccccc2)c2ccc3c(c2Oc2c(P(c4ccccc4)c4ccccc4)ccc4c2OCO4)OCO3)cc1. The summed E-state index contributed by atoms with van der Waals surface area (Å²) in [6.45, 7) is 0.258. The molecule has 0 radical (unpaired) electrons. The summed E-state index contributed by atoms with van der Waals surface area (Å²) in [5, 5.41) is 6.87. The second-order valence-corrected chi connectivity index (χ2v) is 14.8. The van der Waals surface area contributed by atoms with Crippen LogP contribution in [-0.4, -0.2) is 13.6 Å². The number of benzene rings is 6. The molecular weight excluding hydrogens is 598 g/mol. The molecule has 0 bridgehead atoms. The molecular formula is C38H28O5P2. The summed E-state index contributed by atoms with van der Waals surface area (Å²) in [6, 6.07) is 50.5. The Morgan fingerprint density at radius 1 is 0.378 bits per heavy atom. The highest BCUT2D eigenvalue weighted by Crippen LogP contribution is 2.52. The van der Waals surface area contributed by atoms with E-state index in [4.69, 9.17) is 23.7 Å². The Bertz CT molecular complexity index is 1720. The van der Waals surface area contributed by atoms with Crippen molar-refractivity contribution in [2.75, 3.05) is 13.6 Å². The van der Waals surface area contributed by atoms with E-state index in [2.05, 4.69) is 109 Å². The third-order valence-corrected chi connectivity index (χ3v) is 12.6. The van der Waals surface area contributed by atoms with Crippen molar-refractivity contribution >= 4 is 47.7 Å². The minimum atomic E-state index is -1.02. The molecule has 0 aromatic heterocycles. The maximum Gasteiger partial charge on any atom is 0.231 e. The summed E-state index contributed by atoms with van der Waals surface area (Å²) < 4.78 is 31.3. The van der Waals surface area contributed by atoms with Crippen molar-refractivity contribution in [3.63, 3.8) is 0 Å². The van der Waals surface area contributed by atoms with Gasteiger partial charge in [0.05, 0.1) is 0 Å². The molecule has 2 aliphatic rings. The first-order valence-corrected chi connectivity index (χ1v) is 17.4. The van der Waals surface area contributed by atoms with Gasteiger partial charge in [-0.1, -0.05) is 121 Å². The molecule has 2 aliphatic heterocycles. The van der Waals surface area contributed by atoms with E-state index in [1.807, 2.05) is 36.4 Å². The van der Waals surface area contributed by atoms with Crippen molar-refractivity contribution < 1.29 is 23.7 Å². The second kappa shape index (κ2) is 12.3. The molecule has 6 aromatic rings. The van der Waals surface area contributed by atoms with E-state index in [0.717, 1.165) is 10.6 Å². The van der Waals surface area contributed by atoms with Gasteiger partial charge in [0.2, 0.25) is 25.1 Å². The first-order valence-electron chi connectivity index (χ1n) is 14.7. The molecule has 0 aliphatic carbocycles. The van der Waals surface area contributed by atoms with Gasteiger partial charge in [-0.25, -0.2) is 0 Å².